The topological polar surface area (TPSA) is 49.4 Å². The van der Waals surface area contributed by atoms with Gasteiger partial charge in [0.1, 0.15) is 0 Å². The average molecular weight is 337 g/mol. The molecule has 0 radical (unpaired) electrons. The van der Waals surface area contributed by atoms with Crippen molar-refractivity contribution in [2.75, 3.05) is 13.1 Å². The van der Waals surface area contributed by atoms with Gasteiger partial charge in [-0.1, -0.05) is 23.7 Å². The minimum Gasteiger partial charge on any atom is -0.354 e. The Labute approximate surface area is 143 Å². The molecule has 0 spiro atoms. The summed E-state index contributed by atoms with van der Waals surface area (Å²) in [4.78, 5) is 26.1. The van der Waals surface area contributed by atoms with Crippen LogP contribution in [0.3, 0.4) is 0 Å². The van der Waals surface area contributed by atoms with Crippen molar-refractivity contribution in [3.8, 4) is 0 Å². The maximum absolute atomic E-state index is 12.5. The third-order valence-corrected chi connectivity index (χ3v) is 4.56. The summed E-state index contributed by atoms with van der Waals surface area (Å²) in [5.74, 6) is 0.643. The third kappa shape index (κ3) is 5.24. The Morgan fingerprint density at radius 2 is 1.91 bits per heavy atom. The average Bonchev–Trinajstić information content (AvgIpc) is 2.53. The van der Waals surface area contributed by atoms with Gasteiger partial charge in [-0.2, -0.15) is 0 Å². The standard InChI is InChI=1S/C18H25ClN2O2/c1-13(2)20-17(22)8-7-14-9-11-21(12-10-14)18(23)15-5-3-4-6-16(15)19/h3-6,13-14H,7-12H2,1-2H3,(H,20,22). The van der Waals surface area contributed by atoms with E-state index in [1.165, 1.54) is 0 Å². The molecule has 0 aliphatic carbocycles. The molecule has 0 bridgehead atoms. The molecule has 1 aliphatic heterocycles. The van der Waals surface area contributed by atoms with E-state index in [4.69, 9.17) is 11.6 Å². The van der Waals surface area contributed by atoms with Gasteiger partial charge >= 0.3 is 0 Å². The lowest BCUT2D eigenvalue weighted by Gasteiger charge is -2.32. The number of hydrogen-bond donors (Lipinski definition) is 1. The van der Waals surface area contributed by atoms with E-state index in [-0.39, 0.29) is 17.9 Å². The number of benzene rings is 1. The summed E-state index contributed by atoms with van der Waals surface area (Å²) >= 11 is 6.10. The molecule has 4 nitrogen and oxygen atoms in total. The maximum Gasteiger partial charge on any atom is 0.255 e. The Morgan fingerprint density at radius 1 is 1.26 bits per heavy atom. The van der Waals surface area contributed by atoms with Gasteiger partial charge in [-0.05, 0) is 51.2 Å². The number of carbonyl (C=O) groups excluding carboxylic acids is 2. The van der Waals surface area contributed by atoms with Crippen LogP contribution in [0, 0.1) is 5.92 Å². The molecule has 5 heteroatoms. The molecule has 2 amide bonds. The molecule has 0 aromatic heterocycles. The van der Waals surface area contributed by atoms with Gasteiger partial charge in [0.15, 0.2) is 0 Å². The van der Waals surface area contributed by atoms with Gasteiger partial charge < -0.3 is 10.2 Å². The molecule has 1 heterocycles. The van der Waals surface area contributed by atoms with Crippen LogP contribution in [0.15, 0.2) is 24.3 Å². The first-order valence-electron chi connectivity index (χ1n) is 8.30. The van der Waals surface area contributed by atoms with Gasteiger partial charge in [-0.3, -0.25) is 9.59 Å². The highest BCUT2D eigenvalue weighted by atomic mass is 35.5. The van der Waals surface area contributed by atoms with Crippen molar-refractivity contribution < 1.29 is 9.59 Å². The smallest absolute Gasteiger partial charge is 0.255 e. The summed E-state index contributed by atoms with van der Waals surface area (Å²) in [6, 6.07) is 7.37. The number of amides is 2. The molecular formula is C18H25ClN2O2. The van der Waals surface area contributed by atoms with Crippen LogP contribution >= 0.6 is 11.6 Å². The molecule has 1 saturated heterocycles. The maximum atomic E-state index is 12.5. The van der Waals surface area contributed by atoms with Crippen molar-refractivity contribution in [2.45, 2.75) is 45.6 Å². The fraction of sp³-hybridized carbons (Fsp3) is 0.556. The zero-order valence-electron chi connectivity index (χ0n) is 13.8. The summed E-state index contributed by atoms with van der Waals surface area (Å²) in [5, 5.41) is 3.42. The fourth-order valence-corrected chi connectivity index (χ4v) is 3.18. The summed E-state index contributed by atoms with van der Waals surface area (Å²) in [5.41, 5.74) is 0.573. The Kier molecular flexibility index (Phi) is 6.46. The molecule has 23 heavy (non-hydrogen) atoms. The van der Waals surface area contributed by atoms with E-state index in [2.05, 4.69) is 5.32 Å². The molecule has 1 aromatic rings. The lowest BCUT2D eigenvalue weighted by Crippen LogP contribution is -2.39. The molecule has 2 rings (SSSR count). The van der Waals surface area contributed by atoms with Crippen molar-refractivity contribution in [1.29, 1.82) is 0 Å². The monoisotopic (exact) mass is 336 g/mol. The number of piperidine rings is 1. The Bertz CT molecular complexity index is 552. The Hall–Kier alpha value is -1.55. The predicted molar refractivity (Wildman–Crippen MR) is 92.6 cm³/mol. The van der Waals surface area contributed by atoms with Crippen LogP contribution in [0.5, 0.6) is 0 Å². The molecule has 1 aliphatic rings. The van der Waals surface area contributed by atoms with Crippen LogP contribution < -0.4 is 5.32 Å². The van der Waals surface area contributed by atoms with Crippen molar-refractivity contribution in [2.24, 2.45) is 5.92 Å². The zero-order chi connectivity index (χ0) is 16.8. The fourth-order valence-electron chi connectivity index (χ4n) is 2.96. The van der Waals surface area contributed by atoms with Crippen LogP contribution in [0.4, 0.5) is 0 Å². The molecule has 1 aromatic carbocycles. The predicted octanol–water partition coefficient (Wildman–Crippen LogP) is 3.50. The van der Waals surface area contributed by atoms with Crippen molar-refractivity contribution in [1.82, 2.24) is 10.2 Å². The zero-order valence-corrected chi connectivity index (χ0v) is 14.6. The quantitative estimate of drug-likeness (QED) is 0.894. The van der Waals surface area contributed by atoms with Crippen LogP contribution in [-0.2, 0) is 4.79 Å². The molecule has 1 N–H and O–H groups in total. The summed E-state index contributed by atoms with van der Waals surface area (Å²) in [6.45, 7) is 5.41. The second-order valence-electron chi connectivity index (χ2n) is 6.48. The SMILES string of the molecule is CC(C)NC(=O)CCC1CCN(C(=O)c2ccccc2Cl)CC1. The van der Waals surface area contributed by atoms with E-state index in [0.29, 0.717) is 22.9 Å². The number of likely N-dealkylation sites (tertiary alicyclic amines) is 1. The lowest BCUT2D eigenvalue weighted by atomic mass is 9.91. The van der Waals surface area contributed by atoms with Gasteiger partial charge in [0.25, 0.3) is 5.91 Å². The first kappa shape index (κ1) is 17.8. The Balaban J connectivity index is 1.79. The summed E-state index contributed by atoms with van der Waals surface area (Å²) in [7, 11) is 0. The number of halogens is 1. The molecular weight excluding hydrogens is 312 g/mol. The van der Waals surface area contributed by atoms with E-state index in [1.54, 1.807) is 12.1 Å². The van der Waals surface area contributed by atoms with Crippen molar-refractivity contribution in [3.63, 3.8) is 0 Å². The number of hydrogen-bond acceptors (Lipinski definition) is 2. The lowest BCUT2D eigenvalue weighted by molar-refractivity contribution is -0.121. The molecule has 0 saturated carbocycles. The van der Waals surface area contributed by atoms with Gasteiger partial charge in [-0.15, -0.1) is 0 Å². The molecule has 1 fully saturated rings. The van der Waals surface area contributed by atoms with Gasteiger partial charge in [0.05, 0.1) is 10.6 Å². The van der Waals surface area contributed by atoms with Crippen molar-refractivity contribution in [3.05, 3.63) is 34.9 Å². The first-order valence-corrected chi connectivity index (χ1v) is 8.68. The second kappa shape index (κ2) is 8.34. The summed E-state index contributed by atoms with van der Waals surface area (Å²) in [6.07, 6.45) is 3.37. The van der Waals surface area contributed by atoms with E-state index in [1.807, 2.05) is 30.9 Å². The molecule has 0 atom stereocenters. The van der Waals surface area contributed by atoms with Crippen molar-refractivity contribution >= 4 is 23.4 Å². The van der Waals surface area contributed by atoms with E-state index in [9.17, 15) is 9.59 Å². The van der Waals surface area contributed by atoms with E-state index in [0.717, 1.165) is 32.4 Å². The second-order valence-corrected chi connectivity index (χ2v) is 6.88. The Morgan fingerprint density at radius 3 is 2.52 bits per heavy atom. The van der Waals surface area contributed by atoms with Crippen LogP contribution in [-0.4, -0.2) is 35.8 Å². The van der Waals surface area contributed by atoms with Gasteiger partial charge in [-0.25, -0.2) is 0 Å². The third-order valence-electron chi connectivity index (χ3n) is 4.24. The normalized spacial score (nSPS) is 15.7. The molecule has 0 unspecified atom stereocenters. The van der Waals surface area contributed by atoms with Crippen LogP contribution in [0.25, 0.3) is 0 Å². The highest BCUT2D eigenvalue weighted by Crippen LogP contribution is 2.24. The largest absolute Gasteiger partial charge is 0.354 e. The summed E-state index contributed by atoms with van der Waals surface area (Å²) < 4.78 is 0. The van der Waals surface area contributed by atoms with Crippen LogP contribution in [0.1, 0.15) is 49.9 Å². The number of nitrogens with one attached hydrogen (secondary N) is 1. The van der Waals surface area contributed by atoms with E-state index >= 15 is 0 Å². The highest BCUT2D eigenvalue weighted by Gasteiger charge is 2.25. The van der Waals surface area contributed by atoms with E-state index < -0.39 is 0 Å². The first-order chi connectivity index (χ1) is 11.0. The van der Waals surface area contributed by atoms with Crippen LogP contribution in [0.2, 0.25) is 5.02 Å². The number of rotatable bonds is 5. The van der Waals surface area contributed by atoms with Gasteiger partial charge in [0.2, 0.25) is 5.91 Å². The minimum atomic E-state index is 0.00611. The number of carbonyl (C=O) groups is 2. The van der Waals surface area contributed by atoms with Gasteiger partial charge in [0, 0.05) is 25.6 Å². The minimum absolute atomic E-state index is 0.00611. The highest BCUT2D eigenvalue weighted by molar-refractivity contribution is 6.33. The molecule has 126 valence electrons. The number of nitrogens with zero attached hydrogens (tertiary/aromatic N) is 1.